The Kier molecular flexibility index (Phi) is 6.06. The van der Waals surface area contributed by atoms with Crippen LogP contribution in [0.5, 0.6) is 0 Å². The molecule has 2 N–H and O–H groups in total. The molecule has 7 heteroatoms. The number of amides is 1. The molecule has 0 radical (unpaired) electrons. The number of rotatable bonds is 2. The lowest BCUT2D eigenvalue weighted by atomic mass is 10.2. The molecule has 0 fully saturated rings. The molecule has 0 bridgehead atoms. The van der Waals surface area contributed by atoms with Crippen molar-refractivity contribution in [2.45, 2.75) is 26.4 Å². The molecule has 0 aliphatic rings. The van der Waals surface area contributed by atoms with Gasteiger partial charge in [-0.05, 0) is 51.3 Å². The second-order valence-electron chi connectivity index (χ2n) is 5.03. The Bertz CT molecular complexity index is 556. The molecule has 112 valence electrons. The van der Waals surface area contributed by atoms with Crippen LogP contribution in [-0.2, 0) is 4.74 Å². The van der Waals surface area contributed by atoms with E-state index in [1.165, 1.54) is 11.8 Å². The molecule has 6 nitrogen and oxygen atoms in total. The maximum absolute atomic E-state index is 11.6. The van der Waals surface area contributed by atoms with Crippen LogP contribution < -0.4 is 10.6 Å². The summed E-state index contributed by atoms with van der Waals surface area (Å²) >= 11 is 1.34. The molecule has 0 atom stereocenters. The third kappa shape index (κ3) is 6.68. The van der Waals surface area contributed by atoms with Crippen molar-refractivity contribution in [3.63, 3.8) is 0 Å². The molecule has 0 unspecified atom stereocenters. The first kappa shape index (κ1) is 16.9. The number of thioether (sulfide) groups is 1. The topological polar surface area (TPSA) is 86.5 Å². The number of anilines is 1. The Morgan fingerprint density at radius 3 is 2.43 bits per heavy atom. The van der Waals surface area contributed by atoms with Gasteiger partial charge in [-0.15, -0.1) is 0 Å². The van der Waals surface area contributed by atoms with Crippen LogP contribution in [-0.4, -0.2) is 23.1 Å². The monoisotopic (exact) mass is 306 g/mol. The first-order valence-electron chi connectivity index (χ1n) is 6.22. The minimum absolute atomic E-state index is 0.505. The smallest absolute Gasteiger partial charge is 0.412 e. The van der Waals surface area contributed by atoms with Gasteiger partial charge in [0.15, 0.2) is 11.4 Å². The second-order valence-corrected chi connectivity index (χ2v) is 5.83. The first-order valence-corrected chi connectivity index (χ1v) is 7.44. The van der Waals surface area contributed by atoms with E-state index < -0.39 is 11.7 Å². The zero-order chi connectivity index (χ0) is 15.9. The van der Waals surface area contributed by atoms with Gasteiger partial charge in [0.05, 0.1) is 5.69 Å². The number of aliphatic imine (C=N–C) groups is 1. The van der Waals surface area contributed by atoms with E-state index in [0.717, 1.165) is 0 Å². The van der Waals surface area contributed by atoms with Crippen molar-refractivity contribution in [2.75, 3.05) is 11.6 Å². The summed E-state index contributed by atoms with van der Waals surface area (Å²) in [6.07, 6.45) is 3.14. The van der Waals surface area contributed by atoms with Gasteiger partial charge in [-0.2, -0.15) is 5.26 Å². The lowest BCUT2D eigenvalue weighted by molar-refractivity contribution is 0.0636. The average molecular weight is 306 g/mol. The number of ether oxygens (including phenoxy) is 1. The van der Waals surface area contributed by atoms with Gasteiger partial charge in [0.25, 0.3) is 0 Å². The van der Waals surface area contributed by atoms with Gasteiger partial charge < -0.3 is 4.74 Å². The summed E-state index contributed by atoms with van der Waals surface area (Å²) in [4.78, 5) is 15.9. The van der Waals surface area contributed by atoms with Gasteiger partial charge >= 0.3 is 6.09 Å². The highest BCUT2D eigenvalue weighted by atomic mass is 32.2. The first-order chi connectivity index (χ1) is 9.84. The Morgan fingerprint density at radius 1 is 1.33 bits per heavy atom. The molecule has 1 amide bonds. The minimum atomic E-state index is -0.537. The Morgan fingerprint density at radius 2 is 1.95 bits per heavy atom. The van der Waals surface area contributed by atoms with Crippen molar-refractivity contribution >= 4 is 34.4 Å². The summed E-state index contributed by atoms with van der Waals surface area (Å²) in [5, 5.41) is 14.2. The quantitative estimate of drug-likeness (QED) is 0.378. The normalized spacial score (nSPS) is 11.5. The molecule has 0 saturated carbocycles. The Labute approximate surface area is 128 Å². The van der Waals surface area contributed by atoms with Crippen molar-refractivity contribution in [1.82, 2.24) is 5.32 Å². The van der Waals surface area contributed by atoms with Crippen LogP contribution in [0.1, 0.15) is 20.8 Å². The van der Waals surface area contributed by atoms with E-state index in [2.05, 4.69) is 15.6 Å². The van der Waals surface area contributed by atoms with Gasteiger partial charge in [-0.25, -0.2) is 9.79 Å². The molecule has 1 aromatic rings. The second kappa shape index (κ2) is 7.55. The lowest BCUT2D eigenvalue weighted by Gasteiger charge is -2.19. The molecule has 0 spiro atoms. The van der Waals surface area contributed by atoms with Crippen LogP contribution in [0.4, 0.5) is 16.2 Å². The molecular formula is C14H18N4O2S. The molecule has 1 rings (SSSR count). The van der Waals surface area contributed by atoms with Crippen molar-refractivity contribution in [3.05, 3.63) is 24.3 Å². The van der Waals surface area contributed by atoms with E-state index in [1.54, 1.807) is 45.0 Å². The van der Waals surface area contributed by atoms with E-state index in [-0.39, 0.29) is 0 Å². The fraction of sp³-hybridized carbons (Fsp3) is 0.357. The highest BCUT2D eigenvalue weighted by Crippen LogP contribution is 2.18. The molecule has 21 heavy (non-hydrogen) atoms. The summed E-state index contributed by atoms with van der Waals surface area (Å²) in [6.45, 7) is 5.41. The van der Waals surface area contributed by atoms with E-state index in [1.807, 2.05) is 12.4 Å². The highest BCUT2D eigenvalue weighted by molar-refractivity contribution is 8.13. The third-order valence-electron chi connectivity index (χ3n) is 2.10. The van der Waals surface area contributed by atoms with Gasteiger partial charge in [-0.3, -0.25) is 10.6 Å². The largest absolute Gasteiger partial charge is 0.444 e. The maximum atomic E-state index is 11.6. The fourth-order valence-corrected chi connectivity index (χ4v) is 1.67. The van der Waals surface area contributed by atoms with Crippen LogP contribution in [0.25, 0.3) is 0 Å². The maximum Gasteiger partial charge on any atom is 0.412 e. The predicted molar refractivity (Wildman–Crippen MR) is 85.7 cm³/mol. The van der Waals surface area contributed by atoms with E-state index in [4.69, 9.17) is 10.00 Å². The molecule has 0 aliphatic heterocycles. The van der Waals surface area contributed by atoms with Gasteiger partial charge in [-0.1, -0.05) is 11.8 Å². The number of nitrogens with zero attached hydrogens (tertiary/aromatic N) is 2. The van der Waals surface area contributed by atoms with Crippen molar-refractivity contribution in [1.29, 1.82) is 5.26 Å². The summed E-state index contributed by atoms with van der Waals surface area (Å²) < 4.78 is 5.16. The molecule has 1 aromatic carbocycles. The molecular weight excluding hydrogens is 288 g/mol. The van der Waals surface area contributed by atoms with Crippen LogP contribution in [0.3, 0.4) is 0 Å². The van der Waals surface area contributed by atoms with Crippen LogP contribution >= 0.6 is 11.8 Å². The third-order valence-corrected chi connectivity index (χ3v) is 2.68. The zero-order valence-electron chi connectivity index (χ0n) is 12.4. The average Bonchev–Trinajstić information content (AvgIpc) is 2.38. The highest BCUT2D eigenvalue weighted by Gasteiger charge is 2.15. The number of hydrogen-bond acceptors (Lipinski definition) is 5. The minimum Gasteiger partial charge on any atom is -0.444 e. The molecule has 0 heterocycles. The molecule has 0 saturated heterocycles. The van der Waals surface area contributed by atoms with E-state index in [0.29, 0.717) is 16.5 Å². The van der Waals surface area contributed by atoms with E-state index in [9.17, 15) is 4.79 Å². The number of nitriles is 1. The lowest BCUT2D eigenvalue weighted by Crippen LogP contribution is -2.27. The zero-order valence-corrected chi connectivity index (χ0v) is 13.2. The number of nitrogens with one attached hydrogen (secondary N) is 2. The summed E-state index contributed by atoms with van der Waals surface area (Å²) in [5.74, 6) is 0. The van der Waals surface area contributed by atoms with Gasteiger partial charge in [0.2, 0.25) is 0 Å². The number of carbonyl (C=O) groups excluding carboxylic acids is 1. The summed E-state index contributed by atoms with van der Waals surface area (Å²) in [7, 11) is 0. The van der Waals surface area contributed by atoms with Crippen molar-refractivity contribution in [3.8, 4) is 6.19 Å². The van der Waals surface area contributed by atoms with Gasteiger partial charge in [0.1, 0.15) is 5.60 Å². The Balaban J connectivity index is 2.70. The number of benzene rings is 1. The van der Waals surface area contributed by atoms with Crippen molar-refractivity contribution < 1.29 is 9.53 Å². The Hall–Kier alpha value is -2.20. The summed E-state index contributed by atoms with van der Waals surface area (Å²) in [6, 6.07) is 6.91. The van der Waals surface area contributed by atoms with Crippen LogP contribution in [0.2, 0.25) is 0 Å². The number of amidine groups is 1. The van der Waals surface area contributed by atoms with E-state index >= 15 is 0 Å². The fourth-order valence-electron chi connectivity index (χ4n) is 1.33. The van der Waals surface area contributed by atoms with Gasteiger partial charge in [0, 0.05) is 5.69 Å². The molecule has 0 aromatic heterocycles. The van der Waals surface area contributed by atoms with Crippen LogP contribution in [0.15, 0.2) is 29.3 Å². The summed E-state index contributed by atoms with van der Waals surface area (Å²) in [5.41, 5.74) is 0.754. The van der Waals surface area contributed by atoms with Crippen LogP contribution in [0, 0.1) is 11.5 Å². The number of hydrogen-bond donors (Lipinski definition) is 2. The number of carbonyl (C=O) groups is 1. The standard InChI is InChI=1S/C14H18N4O2S/c1-14(2,3)20-13(19)18-11-7-5-10(6-8-11)17-12(21-4)16-9-15/h5-8H,1-4H3,(H,16,17)(H,18,19). The van der Waals surface area contributed by atoms with Crippen molar-refractivity contribution in [2.24, 2.45) is 4.99 Å². The SMILES string of the molecule is CSC(=Nc1ccc(NC(=O)OC(C)(C)C)cc1)NC#N. The predicted octanol–water partition coefficient (Wildman–Crippen LogP) is 3.45. The molecule has 0 aliphatic carbocycles.